The molecule has 0 saturated heterocycles. The molecular formula is C19H26N2O3S. The zero-order valence-corrected chi connectivity index (χ0v) is 15.4. The largest absolute Gasteiger partial charge is 0.349 e. The van der Waals surface area contributed by atoms with E-state index in [4.69, 9.17) is 6.42 Å². The predicted octanol–water partition coefficient (Wildman–Crippen LogP) is 2.69. The molecule has 1 aromatic rings. The van der Waals surface area contributed by atoms with Gasteiger partial charge in [0.25, 0.3) is 5.91 Å². The molecule has 0 heterocycles. The van der Waals surface area contributed by atoms with Crippen LogP contribution in [0.3, 0.4) is 0 Å². The van der Waals surface area contributed by atoms with E-state index >= 15 is 0 Å². The summed E-state index contributed by atoms with van der Waals surface area (Å²) in [6, 6.07) is 6.23. The first-order chi connectivity index (χ1) is 12.0. The molecule has 0 spiro atoms. The number of unbranched alkanes of at least 4 members (excludes halogenated alkanes) is 1. The first-order valence-corrected chi connectivity index (χ1v) is 10.3. The highest BCUT2D eigenvalue weighted by Crippen LogP contribution is 2.30. The fourth-order valence-corrected chi connectivity index (χ4v) is 4.29. The van der Waals surface area contributed by atoms with Gasteiger partial charge in [0, 0.05) is 11.6 Å². The summed E-state index contributed by atoms with van der Waals surface area (Å²) in [5, 5.41) is 3.09. The number of benzene rings is 1. The quantitative estimate of drug-likeness (QED) is 0.698. The van der Waals surface area contributed by atoms with Gasteiger partial charge in [-0.25, -0.2) is 8.42 Å². The fourth-order valence-electron chi connectivity index (χ4n) is 3.31. The summed E-state index contributed by atoms with van der Waals surface area (Å²) in [6.45, 7) is 2.09. The first-order valence-electron chi connectivity index (χ1n) is 8.82. The third-order valence-electron chi connectivity index (χ3n) is 4.67. The van der Waals surface area contributed by atoms with Crippen molar-refractivity contribution in [3.8, 4) is 12.3 Å². The minimum atomic E-state index is -3.70. The molecule has 2 atom stereocenters. The number of carbonyl (C=O) groups is 1. The highest BCUT2D eigenvalue weighted by molar-refractivity contribution is 7.89. The molecule has 1 fully saturated rings. The Hall–Kier alpha value is -1.84. The van der Waals surface area contributed by atoms with Crippen LogP contribution in [0.5, 0.6) is 0 Å². The van der Waals surface area contributed by atoms with Crippen LogP contribution >= 0.6 is 0 Å². The van der Waals surface area contributed by atoms with Gasteiger partial charge >= 0.3 is 0 Å². The van der Waals surface area contributed by atoms with Crippen molar-refractivity contribution in [2.45, 2.75) is 56.4 Å². The summed E-state index contributed by atoms with van der Waals surface area (Å²) >= 11 is 0. The molecule has 1 amide bonds. The number of sulfonamides is 1. The van der Waals surface area contributed by atoms with Crippen molar-refractivity contribution in [2.75, 3.05) is 6.54 Å². The van der Waals surface area contributed by atoms with Crippen molar-refractivity contribution in [3.05, 3.63) is 29.8 Å². The van der Waals surface area contributed by atoms with Gasteiger partial charge in [0.05, 0.1) is 11.4 Å². The molecule has 2 N–H and O–H groups in total. The summed E-state index contributed by atoms with van der Waals surface area (Å²) in [7, 11) is -3.70. The number of amides is 1. The van der Waals surface area contributed by atoms with Crippen LogP contribution in [0.1, 0.15) is 55.8 Å². The fraction of sp³-hybridized carbons (Fsp3) is 0.526. The average molecular weight is 362 g/mol. The number of nitrogens with one attached hydrogen (secondary N) is 2. The van der Waals surface area contributed by atoms with Crippen LogP contribution in [-0.4, -0.2) is 26.9 Å². The number of hydrogen-bond donors (Lipinski definition) is 2. The average Bonchev–Trinajstić information content (AvgIpc) is 3.05. The second-order valence-corrected chi connectivity index (χ2v) is 8.24. The minimum absolute atomic E-state index is 0.0457. The van der Waals surface area contributed by atoms with E-state index in [0.29, 0.717) is 11.5 Å². The predicted molar refractivity (Wildman–Crippen MR) is 98.6 cm³/mol. The van der Waals surface area contributed by atoms with Crippen molar-refractivity contribution in [3.63, 3.8) is 0 Å². The van der Waals surface area contributed by atoms with Crippen LogP contribution in [-0.2, 0) is 10.0 Å². The molecule has 2 rings (SSSR count). The SMILES string of the molecule is C#CCNS(=O)(=O)c1cccc(C(=O)NC2CCCC2CCCC)c1. The lowest BCUT2D eigenvalue weighted by molar-refractivity contribution is 0.0926. The molecule has 0 bridgehead atoms. The lowest BCUT2D eigenvalue weighted by Gasteiger charge is -2.21. The second-order valence-electron chi connectivity index (χ2n) is 6.47. The molecule has 1 aromatic carbocycles. The molecule has 25 heavy (non-hydrogen) atoms. The van der Waals surface area contributed by atoms with Gasteiger partial charge in [0.2, 0.25) is 10.0 Å². The molecule has 0 aliphatic heterocycles. The van der Waals surface area contributed by atoms with Crippen LogP contribution in [0.2, 0.25) is 0 Å². The van der Waals surface area contributed by atoms with E-state index < -0.39 is 10.0 Å². The Kier molecular flexibility index (Phi) is 7.03. The zero-order chi connectivity index (χ0) is 18.3. The summed E-state index contributed by atoms with van der Waals surface area (Å²) in [6.07, 6.45) is 11.8. The minimum Gasteiger partial charge on any atom is -0.349 e. The van der Waals surface area contributed by atoms with Crippen LogP contribution in [0, 0.1) is 18.3 Å². The van der Waals surface area contributed by atoms with E-state index in [0.717, 1.165) is 32.1 Å². The number of carbonyl (C=O) groups excluding carboxylic acids is 1. The number of rotatable bonds is 8. The molecule has 136 valence electrons. The highest BCUT2D eigenvalue weighted by Gasteiger charge is 2.28. The standard InChI is InChI=1S/C19H26N2O3S/c1-3-5-8-15-9-7-12-18(15)21-19(22)16-10-6-11-17(14-16)25(23,24)20-13-4-2/h2,6,10-11,14-15,18,20H,3,5,7-9,12-13H2,1H3,(H,21,22). The Bertz CT molecular complexity index is 737. The third kappa shape index (κ3) is 5.32. The van der Waals surface area contributed by atoms with Crippen molar-refractivity contribution in [2.24, 2.45) is 5.92 Å². The van der Waals surface area contributed by atoms with Gasteiger partial charge in [-0.3, -0.25) is 4.79 Å². The smallest absolute Gasteiger partial charge is 0.251 e. The Morgan fingerprint density at radius 3 is 2.88 bits per heavy atom. The maximum absolute atomic E-state index is 12.6. The molecule has 0 radical (unpaired) electrons. The lowest BCUT2D eigenvalue weighted by atomic mass is 9.96. The van der Waals surface area contributed by atoms with Gasteiger partial charge in [-0.15, -0.1) is 6.42 Å². The Morgan fingerprint density at radius 2 is 2.16 bits per heavy atom. The maximum atomic E-state index is 12.6. The highest BCUT2D eigenvalue weighted by atomic mass is 32.2. The molecule has 6 heteroatoms. The van der Waals surface area contributed by atoms with Crippen LogP contribution in [0.4, 0.5) is 0 Å². The Balaban J connectivity index is 2.07. The summed E-state index contributed by atoms with van der Waals surface area (Å²) in [5.41, 5.74) is 0.352. The summed E-state index contributed by atoms with van der Waals surface area (Å²) in [5.74, 6) is 2.53. The normalized spacial score (nSPS) is 20.2. The van der Waals surface area contributed by atoms with E-state index in [1.54, 1.807) is 12.1 Å². The monoisotopic (exact) mass is 362 g/mol. The van der Waals surface area contributed by atoms with Gasteiger partial charge < -0.3 is 5.32 Å². The molecule has 1 aliphatic carbocycles. The molecule has 1 aliphatic rings. The molecule has 0 aromatic heterocycles. The molecule has 1 saturated carbocycles. The van der Waals surface area contributed by atoms with E-state index in [1.807, 2.05) is 0 Å². The van der Waals surface area contributed by atoms with Gasteiger partial charge in [-0.1, -0.05) is 38.2 Å². The number of hydrogen-bond acceptors (Lipinski definition) is 3. The van der Waals surface area contributed by atoms with Crippen LogP contribution < -0.4 is 10.0 Å². The number of terminal acetylenes is 1. The second kappa shape index (κ2) is 9.02. The lowest BCUT2D eigenvalue weighted by Crippen LogP contribution is -2.37. The summed E-state index contributed by atoms with van der Waals surface area (Å²) < 4.78 is 26.6. The van der Waals surface area contributed by atoms with Gasteiger partial charge in [0.1, 0.15) is 0 Å². The van der Waals surface area contributed by atoms with E-state index in [-0.39, 0.29) is 23.4 Å². The molecule has 2 unspecified atom stereocenters. The molecule has 5 nitrogen and oxygen atoms in total. The van der Waals surface area contributed by atoms with Gasteiger partial charge in [-0.2, -0.15) is 4.72 Å². The van der Waals surface area contributed by atoms with E-state index in [1.165, 1.54) is 18.6 Å². The zero-order valence-electron chi connectivity index (χ0n) is 14.6. The van der Waals surface area contributed by atoms with Crippen molar-refractivity contribution >= 4 is 15.9 Å². The third-order valence-corrected chi connectivity index (χ3v) is 6.07. The Labute approximate surface area is 150 Å². The van der Waals surface area contributed by atoms with Gasteiger partial charge in [-0.05, 0) is 43.4 Å². The first kappa shape index (κ1) is 19.5. The van der Waals surface area contributed by atoms with Gasteiger partial charge in [0.15, 0.2) is 0 Å². The van der Waals surface area contributed by atoms with Crippen molar-refractivity contribution in [1.82, 2.24) is 10.0 Å². The van der Waals surface area contributed by atoms with Crippen molar-refractivity contribution < 1.29 is 13.2 Å². The van der Waals surface area contributed by atoms with Crippen LogP contribution in [0.25, 0.3) is 0 Å². The van der Waals surface area contributed by atoms with Crippen molar-refractivity contribution in [1.29, 1.82) is 0 Å². The van der Waals surface area contributed by atoms with E-state index in [9.17, 15) is 13.2 Å². The molecular weight excluding hydrogens is 336 g/mol. The maximum Gasteiger partial charge on any atom is 0.251 e. The van der Waals surface area contributed by atoms with Crippen LogP contribution in [0.15, 0.2) is 29.2 Å². The summed E-state index contributed by atoms with van der Waals surface area (Å²) in [4.78, 5) is 12.6. The van der Waals surface area contributed by atoms with E-state index in [2.05, 4.69) is 22.9 Å². The Morgan fingerprint density at radius 1 is 1.36 bits per heavy atom. The topological polar surface area (TPSA) is 75.3 Å².